The zero-order valence-electron chi connectivity index (χ0n) is 17.0. The summed E-state index contributed by atoms with van der Waals surface area (Å²) >= 11 is 0. The van der Waals surface area contributed by atoms with Gasteiger partial charge in [-0.05, 0) is 37.1 Å². The second-order valence-corrected chi connectivity index (χ2v) is 6.84. The molecule has 3 rings (SSSR count). The normalized spacial score (nSPS) is 10.6. The minimum Gasteiger partial charge on any atom is -0.493 e. The fraction of sp³-hybridized carbons (Fsp3) is 0.273. The Hall–Kier alpha value is -3.68. The number of carbonyl (C=O) groups is 2. The van der Waals surface area contributed by atoms with Crippen LogP contribution >= 0.6 is 0 Å². The molecule has 0 aliphatic carbocycles. The van der Waals surface area contributed by atoms with E-state index in [0.29, 0.717) is 29.5 Å². The van der Waals surface area contributed by atoms with Gasteiger partial charge in [0, 0.05) is 11.9 Å². The fourth-order valence-corrected chi connectivity index (χ4v) is 2.98. The van der Waals surface area contributed by atoms with Gasteiger partial charge in [-0.15, -0.1) is 0 Å². The zero-order valence-corrected chi connectivity index (χ0v) is 17.0. The first-order valence-corrected chi connectivity index (χ1v) is 9.78. The van der Waals surface area contributed by atoms with E-state index in [2.05, 4.69) is 16.0 Å². The van der Waals surface area contributed by atoms with Crippen LogP contribution in [0.15, 0.2) is 53.3 Å². The van der Waals surface area contributed by atoms with E-state index >= 15 is 0 Å². The van der Waals surface area contributed by atoms with Crippen LogP contribution in [0, 0.1) is 6.92 Å². The molecule has 0 fully saturated rings. The minimum absolute atomic E-state index is 0.0672. The molecule has 1 heterocycles. The summed E-state index contributed by atoms with van der Waals surface area (Å²) in [6.07, 6.45) is 0.766. The van der Waals surface area contributed by atoms with Crippen molar-refractivity contribution in [3.05, 3.63) is 70.1 Å². The van der Waals surface area contributed by atoms with Crippen LogP contribution < -0.4 is 21.1 Å². The van der Waals surface area contributed by atoms with Crippen molar-refractivity contribution in [1.29, 1.82) is 0 Å². The third kappa shape index (κ3) is 5.02. The molecule has 2 N–H and O–H groups in total. The molecule has 1 aromatic heterocycles. The van der Waals surface area contributed by atoms with E-state index in [1.165, 1.54) is 4.68 Å². The molecule has 30 heavy (non-hydrogen) atoms. The number of nitrogens with zero attached hydrogens (tertiary/aromatic N) is 2. The summed E-state index contributed by atoms with van der Waals surface area (Å²) in [6.45, 7) is 4.44. The van der Waals surface area contributed by atoms with Gasteiger partial charge < -0.3 is 4.74 Å². The van der Waals surface area contributed by atoms with Gasteiger partial charge in [0.05, 0.1) is 18.4 Å². The van der Waals surface area contributed by atoms with Crippen molar-refractivity contribution in [3.8, 4) is 5.75 Å². The number of amides is 2. The molecule has 0 bridgehead atoms. The Morgan fingerprint density at radius 1 is 1.07 bits per heavy atom. The van der Waals surface area contributed by atoms with Gasteiger partial charge in [0.25, 0.3) is 11.5 Å². The molecule has 3 aromatic rings. The summed E-state index contributed by atoms with van der Waals surface area (Å²) < 4.78 is 6.81. The highest BCUT2D eigenvalue weighted by Gasteiger charge is 2.17. The third-order valence-corrected chi connectivity index (χ3v) is 4.42. The monoisotopic (exact) mass is 408 g/mol. The van der Waals surface area contributed by atoms with Gasteiger partial charge >= 0.3 is 0 Å². The summed E-state index contributed by atoms with van der Waals surface area (Å²) in [6, 6.07) is 14.3. The van der Waals surface area contributed by atoms with E-state index in [4.69, 9.17) is 4.74 Å². The number of hydrogen-bond acceptors (Lipinski definition) is 5. The summed E-state index contributed by atoms with van der Waals surface area (Å²) in [5, 5.41) is 5.04. The number of carbonyl (C=O) groups excluding carboxylic acids is 2. The first kappa shape index (κ1) is 21.0. The number of ether oxygens (including phenoxy) is 1. The number of aryl methyl sites for hydroxylation is 2. The Labute approximate surface area is 173 Å². The second-order valence-electron chi connectivity index (χ2n) is 6.84. The Kier molecular flexibility index (Phi) is 6.79. The van der Waals surface area contributed by atoms with E-state index in [1.54, 1.807) is 24.3 Å². The summed E-state index contributed by atoms with van der Waals surface area (Å²) in [7, 11) is 0. The van der Waals surface area contributed by atoms with Gasteiger partial charge in [0.1, 0.15) is 5.75 Å². The average Bonchev–Trinajstić information content (AvgIpc) is 2.74. The van der Waals surface area contributed by atoms with Crippen LogP contribution in [0.25, 0.3) is 10.8 Å². The summed E-state index contributed by atoms with van der Waals surface area (Å²) in [5.74, 6) is -0.313. The standard InChI is InChI=1S/C22H24N4O4/c1-3-12-26-22(29)18-10-5-4-9-17(18)20(25-26)21(28)24-23-19(27)11-13-30-16-8-6-7-15(2)14-16/h4-10,14H,3,11-13H2,1-2H3,(H,23,27)(H,24,28). The van der Waals surface area contributed by atoms with Crippen LogP contribution in [0.4, 0.5) is 0 Å². The number of aromatic nitrogens is 2. The van der Waals surface area contributed by atoms with E-state index in [9.17, 15) is 14.4 Å². The number of fused-ring (bicyclic) bond motifs is 1. The minimum atomic E-state index is -0.594. The van der Waals surface area contributed by atoms with Gasteiger partial charge in [-0.2, -0.15) is 5.10 Å². The molecule has 0 aliphatic heterocycles. The Balaban J connectivity index is 1.63. The lowest BCUT2D eigenvalue weighted by Crippen LogP contribution is -2.43. The maximum absolute atomic E-state index is 12.6. The Morgan fingerprint density at radius 3 is 2.57 bits per heavy atom. The lowest BCUT2D eigenvalue weighted by atomic mass is 10.1. The van der Waals surface area contributed by atoms with Gasteiger partial charge in [-0.1, -0.05) is 37.3 Å². The second kappa shape index (κ2) is 9.69. The summed E-state index contributed by atoms with van der Waals surface area (Å²) in [5.41, 5.74) is 5.62. The van der Waals surface area contributed by atoms with Crippen molar-refractivity contribution in [2.24, 2.45) is 0 Å². The van der Waals surface area contributed by atoms with Crippen LogP contribution in [0.5, 0.6) is 5.75 Å². The molecule has 156 valence electrons. The van der Waals surface area contributed by atoms with Gasteiger partial charge in [-0.3, -0.25) is 25.2 Å². The molecule has 0 atom stereocenters. The Bertz CT molecular complexity index is 1120. The molecule has 0 unspecified atom stereocenters. The molecule has 8 nitrogen and oxygen atoms in total. The highest BCUT2D eigenvalue weighted by Crippen LogP contribution is 2.14. The van der Waals surface area contributed by atoms with Crippen LogP contribution in [-0.2, 0) is 11.3 Å². The van der Waals surface area contributed by atoms with E-state index in [0.717, 1.165) is 5.56 Å². The average molecular weight is 408 g/mol. The van der Waals surface area contributed by atoms with Crippen molar-refractivity contribution < 1.29 is 14.3 Å². The largest absolute Gasteiger partial charge is 0.493 e. The van der Waals surface area contributed by atoms with Gasteiger partial charge in [0.15, 0.2) is 5.69 Å². The smallest absolute Gasteiger partial charge is 0.290 e. The first-order chi connectivity index (χ1) is 14.5. The molecule has 0 radical (unpaired) electrons. The molecular formula is C22H24N4O4. The lowest BCUT2D eigenvalue weighted by molar-refractivity contribution is -0.122. The number of benzene rings is 2. The van der Waals surface area contributed by atoms with Gasteiger partial charge in [0.2, 0.25) is 5.91 Å². The van der Waals surface area contributed by atoms with E-state index in [1.807, 2.05) is 38.1 Å². The number of rotatable bonds is 7. The number of nitrogens with one attached hydrogen (secondary N) is 2. The molecule has 2 amide bonds. The van der Waals surface area contributed by atoms with E-state index in [-0.39, 0.29) is 24.3 Å². The molecule has 0 aliphatic rings. The number of hydrogen-bond donors (Lipinski definition) is 2. The van der Waals surface area contributed by atoms with Crippen LogP contribution in [0.1, 0.15) is 35.8 Å². The summed E-state index contributed by atoms with van der Waals surface area (Å²) in [4.78, 5) is 37.2. The van der Waals surface area contributed by atoms with E-state index < -0.39 is 11.8 Å². The third-order valence-electron chi connectivity index (χ3n) is 4.42. The predicted octanol–water partition coefficient (Wildman–Crippen LogP) is 2.35. The maximum atomic E-state index is 12.6. The number of hydrazine groups is 1. The molecule has 0 spiro atoms. The SMILES string of the molecule is CCCn1nc(C(=O)NNC(=O)CCOc2cccc(C)c2)c2ccccc2c1=O. The lowest BCUT2D eigenvalue weighted by Gasteiger charge is -2.11. The molecule has 0 saturated heterocycles. The Morgan fingerprint density at radius 2 is 1.83 bits per heavy atom. The van der Waals surface area contributed by atoms with Crippen molar-refractivity contribution >= 4 is 22.6 Å². The van der Waals surface area contributed by atoms with Crippen LogP contribution in [0.3, 0.4) is 0 Å². The first-order valence-electron chi connectivity index (χ1n) is 9.78. The van der Waals surface area contributed by atoms with Crippen molar-refractivity contribution in [3.63, 3.8) is 0 Å². The van der Waals surface area contributed by atoms with Crippen molar-refractivity contribution in [2.45, 2.75) is 33.2 Å². The highest BCUT2D eigenvalue weighted by molar-refractivity contribution is 6.05. The van der Waals surface area contributed by atoms with Crippen molar-refractivity contribution in [1.82, 2.24) is 20.6 Å². The maximum Gasteiger partial charge on any atom is 0.290 e. The molecule has 2 aromatic carbocycles. The molecular weight excluding hydrogens is 384 g/mol. The molecule has 0 saturated carbocycles. The van der Waals surface area contributed by atoms with Gasteiger partial charge in [-0.25, -0.2) is 4.68 Å². The quantitative estimate of drug-likeness (QED) is 0.584. The van der Waals surface area contributed by atoms with Crippen molar-refractivity contribution in [2.75, 3.05) is 6.61 Å². The van der Waals surface area contributed by atoms with Crippen LogP contribution in [-0.4, -0.2) is 28.2 Å². The fourth-order valence-electron chi connectivity index (χ4n) is 2.98. The highest BCUT2D eigenvalue weighted by atomic mass is 16.5. The topological polar surface area (TPSA) is 102 Å². The zero-order chi connectivity index (χ0) is 21.5. The molecule has 8 heteroatoms. The predicted molar refractivity (Wildman–Crippen MR) is 113 cm³/mol. The van der Waals surface area contributed by atoms with Crippen LogP contribution in [0.2, 0.25) is 0 Å².